The molecule has 0 heterocycles. The first kappa shape index (κ1) is 31.7. The van der Waals surface area contributed by atoms with Crippen LogP contribution in [0, 0.1) is 6.92 Å². The zero-order valence-electron chi connectivity index (χ0n) is 23.4. The average Bonchev–Trinajstić information content (AvgIpc) is 2.71. The summed E-state index contributed by atoms with van der Waals surface area (Å²) < 4.78 is 5.29. The molecule has 0 aliphatic rings. The van der Waals surface area contributed by atoms with E-state index in [9.17, 15) is 24.3 Å². The molecule has 0 aliphatic carbocycles. The van der Waals surface area contributed by atoms with Gasteiger partial charge in [0.2, 0.25) is 17.7 Å². The summed E-state index contributed by atoms with van der Waals surface area (Å²) in [6.45, 7) is 14.4. The number of primary amides is 1. The number of carbonyl (C=O) groups is 4. The van der Waals surface area contributed by atoms with Gasteiger partial charge in [-0.25, -0.2) is 4.79 Å². The predicted octanol–water partition coefficient (Wildman–Crippen LogP) is 3.44. The lowest BCUT2D eigenvalue weighted by Crippen LogP contribution is -2.55. The highest BCUT2D eigenvalue weighted by atomic mass is 16.6. The monoisotopic (exact) mass is 520 g/mol. The molecule has 4 amide bonds. The van der Waals surface area contributed by atoms with Gasteiger partial charge in [-0.05, 0) is 78.1 Å². The van der Waals surface area contributed by atoms with Crippen LogP contribution in [0.1, 0.15) is 91.3 Å². The third kappa shape index (κ3) is 11.1. The molecule has 1 rings (SSSR count). The molecule has 5 N–H and O–H groups in total. The fraction of sp³-hybridized carbons (Fsp3) is 0.630. The van der Waals surface area contributed by atoms with E-state index >= 15 is 0 Å². The zero-order valence-corrected chi connectivity index (χ0v) is 23.4. The van der Waals surface area contributed by atoms with E-state index in [4.69, 9.17) is 10.5 Å². The van der Waals surface area contributed by atoms with Gasteiger partial charge in [0, 0.05) is 12.1 Å². The first-order chi connectivity index (χ1) is 16.9. The van der Waals surface area contributed by atoms with Crippen LogP contribution in [-0.2, 0) is 19.1 Å². The summed E-state index contributed by atoms with van der Waals surface area (Å²) in [5, 5.41) is 15.5. The summed E-state index contributed by atoms with van der Waals surface area (Å²) in [7, 11) is 0. The van der Waals surface area contributed by atoms with Crippen molar-refractivity contribution in [3.8, 4) is 5.75 Å². The Bertz CT molecular complexity index is 965. The molecule has 208 valence electrons. The minimum absolute atomic E-state index is 0.0563. The van der Waals surface area contributed by atoms with E-state index in [2.05, 4.69) is 10.6 Å². The number of hydrogen-bond acceptors (Lipinski definition) is 6. The van der Waals surface area contributed by atoms with Crippen LogP contribution in [0.15, 0.2) is 18.2 Å². The number of aromatic hydroxyl groups is 1. The van der Waals surface area contributed by atoms with Crippen LogP contribution in [0.5, 0.6) is 5.75 Å². The molecule has 0 radical (unpaired) electrons. The number of alkyl carbamates (subject to hydrolysis) is 1. The molecule has 0 saturated carbocycles. The lowest BCUT2D eigenvalue weighted by atomic mass is 9.98. The van der Waals surface area contributed by atoms with Gasteiger partial charge in [-0.15, -0.1) is 0 Å². The van der Waals surface area contributed by atoms with Gasteiger partial charge < -0.3 is 31.1 Å². The highest BCUT2D eigenvalue weighted by Gasteiger charge is 2.37. The van der Waals surface area contributed by atoms with Gasteiger partial charge in [-0.3, -0.25) is 14.4 Å². The number of phenolic OH excluding ortho intramolecular Hbond substituents is 1. The molecule has 37 heavy (non-hydrogen) atoms. The van der Waals surface area contributed by atoms with E-state index in [1.807, 2.05) is 27.7 Å². The Morgan fingerprint density at radius 1 is 1.08 bits per heavy atom. The smallest absolute Gasteiger partial charge is 0.408 e. The van der Waals surface area contributed by atoms with Crippen molar-refractivity contribution in [1.82, 2.24) is 15.5 Å². The van der Waals surface area contributed by atoms with E-state index in [-0.39, 0.29) is 12.3 Å². The number of nitrogens with two attached hydrogens (primary N) is 1. The zero-order chi connectivity index (χ0) is 28.6. The number of rotatable bonds is 11. The minimum Gasteiger partial charge on any atom is -0.508 e. The maximum Gasteiger partial charge on any atom is 0.408 e. The van der Waals surface area contributed by atoms with Crippen LogP contribution in [0.3, 0.4) is 0 Å². The number of nitrogens with zero attached hydrogens (tertiary/aromatic N) is 1. The molecule has 0 bridgehead atoms. The van der Waals surface area contributed by atoms with Gasteiger partial charge in [0.05, 0.1) is 6.42 Å². The van der Waals surface area contributed by atoms with Crippen LogP contribution in [0.2, 0.25) is 0 Å². The SMILES string of the molecule is CCCCCN(C(=O)C(CC(N)=O)NC(=O)OC(C)(C)C)C(C(=O)NC(C)(C)C)c1ccc(O)c(C)c1. The summed E-state index contributed by atoms with van der Waals surface area (Å²) in [5.74, 6) is -1.81. The first-order valence-electron chi connectivity index (χ1n) is 12.6. The Kier molecular flexibility index (Phi) is 11.4. The van der Waals surface area contributed by atoms with Crippen molar-refractivity contribution >= 4 is 23.8 Å². The fourth-order valence-electron chi connectivity index (χ4n) is 3.71. The highest BCUT2D eigenvalue weighted by Crippen LogP contribution is 2.28. The summed E-state index contributed by atoms with van der Waals surface area (Å²) in [6, 6.07) is 2.28. The molecule has 0 saturated heterocycles. The number of nitrogens with one attached hydrogen (secondary N) is 2. The second kappa shape index (κ2) is 13.3. The van der Waals surface area contributed by atoms with Crippen LogP contribution in [0.4, 0.5) is 4.79 Å². The van der Waals surface area contributed by atoms with Gasteiger partial charge in [-0.2, -0.15) is 0 Å². The number of benzene rings is 1. The molecular formula is C27H44N4O6. The van der Waals surface area contributed by atoms with Gasteiger partial charge in [0.15, 0.2) is 0 Å². The normalized spacial score (nSPS) is 13.3. The number of phenols is 1. The molecule has 0 aliphatic heterocycles. The molecule has 10 heteroatoms. The quantitative estimate of drug-likeness (QED) is 0.328. The highest BCUT2D eigenvalue weighted by molar-refractivity contribution is 5.94. The lowest BCUT2D eigenvalue weighted by molar-refractivity contribution is -0.144. The standard InChI is InChI=1S/C27H44N4O6/c1-9-10-11-14-31(24(35)19(16-21(28)33)29-25(36)37-27(6,7)8)22(23(34)30-26(3,4)5)18-12-13-20(32)17(2)15-18/h12-13,15,19,22,32H,9-11,14,16H2,1-8H3,(H2,28,33)(H,29,36)(H,30,34). The van der Waals surface area contributed by atoms with Crippen LogP contribution in [-0.4, -0.2) is 57.5 Å². The molecule has 10 nitrogen and oxygen atoms in total. The Hall–Kier alpha value is -3.30. The van der Waals surface area contributed by atoms with E-state index in [1.54, 1.807) is 39.8 Å². The summed E-state index contributed by atoms with van der Waals surface area (Å²) in [4.78, 5) is 53.3. The maximum atomic E-state index is 13.9. The van der Waals surface area contributed by atoms with Gasteiger partial charge >= 0.3 is 6.09 Å². The second-order valence-electron chi connectivity index (χ2n) is 11.3. The lowest BCUT2D eigenvalue weighted by Gasteiger charge is -2.36. The van der Waals surface area contributed by atoms with Gasteiger partial charge in [0.25, 0.3) is 0 Å². The van der Waals surface area contributed by atoms with Crippen LogP contribution >= 0.6 is 0 Å². The third-order valence-corrected chi connectivity index (χ3v) is 5.27. The number of ether oxygens (including phenoxy) is 1. The van der Waals surface area contributed by atoms with Crippen molar-refractivity contribution in [2.75, 3.05) is 6.54 Å². The van der Waals surface area contributed by atoms with Crippen molar-refractivity contribution < 1.29 is 29.0 Å². The Morgan fingerprint density at radius 2 is 1.70 bits per heavy atom. The van der Waals surface area contributed by atoms with E-state index in [0.29, 0.717) is 17.5 Å². The van der Waals surface area contributed by atoms with Gasteiger partial charge in [0.1, 0.15) is 23.4 Å². The predicted molar refractivity (Wildman–Crippen MR) is 142 cm³/mol. The topological polar surface area (TPSA) is 151 Å². The summed E-state index contributed by atoms with van der Waals surface area (Å²) in [5.41, 5.74) is 5.01. The molecule has 2 unspecified atom stereocenters. The minimum atomic E-state index is -1.34. The number of hydrogen-bond donors (Lipinski definition) is 4. The summed E-state index contributed by atoms with van der Waals surface area (Å²) >= 11 is 0. The molecule has 1 aromatic rings. The Morgan fingerprint density at radius 3 is 2.19 bits per heavy atom. The Balaban J connectivity index is 3.58. The molecule has 1 aromatic carbocycles. The van der Waals surface area contributed by atoms with Crippen LogP contribution in [0.25, 0.3) is 0 Å². The molecule has 0 fully saturated rings. The van der Waals surface area contributed by atoms with Crippen molar-refractivity contribution in [3.63, 3.8) is 0 Å². The molecule has 0 spiro atoms. The number of amides is 4. The van der Waals surface area contributed by atoms with Gasteiger partial charge in [-0.1, -0.05) is 25.8 Å². The van der Waals surface area contributed by atoms with Crippen LogP contribution < -0.4 is 16.4 Å². The van der Waals surface area contributed by atoms with E-state index < -0.39 is 53.5 Å². The Labute approximate surface area is 220 Å². The summed E-state index contributed by atoms with van der Waals surface area (Å²) in [6.07, 6.45) is 0.919. The van der Waals surface area contributed by atoms with Crippen molar-refractivity contribution in [1.29, 1.82) is 0 Å². The van der Waals surface area contributed by atoms with Crippen molar-refractivity contribution in [3.05, 3.63) is 29.3 Å². The van der Waals surface area contributed by atoms with Crippen molar-refractivity contribution in [2.24, 2.45) is 5.73 Å². The number of carbonyl (C=O) groups excluding carboxylic acids is 4. The second-order valence-corrected chi connectivity index (χ2v) is 11.3. The maximum absolute atomic E-state index is 13.9. The largest absolute Gasteiger partial charge is 0.508 e. The van der Waals surface area contributed by atoms with Crippen molar-refractivity contribution in [2.45, 2.75) is 104 Å². The number of unbranched alkanes of at least 4 members (excludes halogenated alkanes) is 2. The molecular weight excluding hydrogens is 476 g/mol. The molecule has 0 aromatic heterocycles. The van der Waals surface area contributed by atoms with E-state index in [1.165, 1.54) is 11.0 Å². The first-order valence-corrected chi connectivity index (χ1v) is 12.6. The third-order valence-electron chi connectivity index (χ3n) is 5.27. The van der Waals surface area contributed by atoms with E-state index in [0.717, 1.165) is 12.8 Å². The average molecular weight is 521 g/mol. The fourth-order valence-corrected chi connectivity index (χ4v) is 3.71. The molecule has 2 atom stereocenters. The number of aryl methyl sites for hydroxylation is 1.